The fourth-order valence-electron chi connectivity index (χ4n) is 3.49. The fourth-order valence-corrected chi connectivity index (χ4v) is 3.81. The predicted octanol–water partition coefficient (Wildman–Crippen LogP) is 4.29. The van der Waals surface area contributed by atoms with Gasteiger partial charge in [-0.3, -0.25) is 14.4 Å². The molecule has 0 spiro atoms. The molecule has 2 atom stereocenters. The minimum Gasteiger partial charge on any atom is -0.462 e. The first-order chi connectivity index (χ1) is 15.8. The van der Waals surface area contributed by atoms with Crippen molar-refractivity contribution in [2.75, 3.05) is 23.9 Å². The summed E-state index contributed by atoms with van der Waals surface area (Å²) in [7, 11) is 0. The number of nitrogens with zero attached hydrogens (tertiary/aromatic N) is 1. The summed E-state index contributed by atoms with van der Waals surface area (Å²) in [6.07, 6.45) is -0.945. The van der Waals surface area contributed by atoms with Gasteiger partial charge in [-0.15, -0.1) is 11.6 Å². The first-order valence-electron chi connectivity index (χ1n) is 10.5. The lowest BCUT2D eigenvalue weighted by atomic mass is 10.0. The number of esters is 2. The van der Waals surface area contributed by atoms with Crippen molar-refractivity contribution in [2.45, 2.75) is 25.9 Å². The average molecular weight is 492 g/mol. The van der Waals surface area contributed by atoms with Crippen LogP contribution in [0.3, 0.4) is 0 Å². The van der Waals surface area contributed by atoms with Crippen LogP contribution in [0.4, 0.5) is 5.69 Å². The molecular formula is C24H23Cl2NO6. The lowest BCUT2D eigenvalue weighted by molar-refractivity contribution is -0.151. The van der Waals surface area contributed by atoms with Crippen LogP contribution in [0.15, 0.2) is 48.5 Å². The second-order valence-corrected chi connectivity index (χ2v) is 8.26. The van der Waals surface area contributed by atoms with E-state index < -0.39 is 24.0 Å². The quantitative estimate of drug-likeness (QED) is 0.295. The van der Waals surface area contributed by atoms with Gasteiger partial charge < -0.3 is 14.4 Å². The van der Waals surface area contributed by atoms with Crippen LogP contribution in [-0.2, 0) is 19.1 Å². The summed E-state index contributed by atoms with van der Waals surface area (Å²) in [5.74, 6) is -2.31. The molecule has 9 heteroatoms. The number of hydrogen-bond donors (Lipinski definition) is 0. The Morgan fingerprint density at radius 2 is 1.70 bits per heavy atom. The zero-order valence-corrected chi connectivity index (χ0v) is 19.5. The molecule has 174 valence electrons. The summed E-state index contributed by atoms with van der Waals surface area (Å²) >= 11 is 11.7. The Balaban J connectivity index is 1.66. The van der Waals surface area contributed by atoms with Gasteiger partial charge in [0.05, 0.1) is 18.1 Å². The number of anilines is 1. The Labute approximate surface area is 201 Å². The molecule has 0 aliphatic carbocycles. The number of alkyl halides is 1. The topological polar surface area (TPSA) is 90.0 Å². The van der Waals surface area contributed by atoms with E-state index in [-0.39, 0.29) is 43.6 Å². The molecular weight excluding hydrogens is 469 g/mol. The van der Waals surface area contributed by atoms with Crippen LogP contribution in [0.2, 0.25) is 5.02 Å². The Morgan fingerprint density at radius 1 is 1.06 bits per heavy atom. The molecule has 0 saturated carbocycles. The highest BCUT2D eigenvalue weighted by atomic mass is 35.5. The molecule has 0 N–H and O–H groups in total. The number of rotatable bonds is 9. The molecule has 1 heterocycles. The third-order valence-corrected chi connectivity index (χ3v) is 5.67. The highest BCUT2D eigenvalue weighted by Crippen LogP contribution is 2.27. The number of carbonyl (C=O) groups excluding carboxylic acids is 4. The standard InChI is InChI=1S/C24H23Cl2NO6/c1-2-32-23(30)16-5-9-19(10-6-16)27-14-17(13-21(27)28)24(31)33-20(11-12-25)22(29)15-3-7-18(26)8-4-15/h3-10,17,20H,2,11-14H2,1H3. The summed E-state index contributed by atoms with van der Waals surface area (Å²) in [4.78, 5) is 51.4. The molecule has 0 radical (unpaired) electrons. The van der Waals surface area contributed by atoms with Gasteiger partial charge in [-0.1, -0.05) is 11.6 Å². The lowest BCUT2D eigenvalue weighted by Gasteiger charge is -2.19. The van der Waals surface area contributed by atoms with Crippen LogP contribution in [0.5, 0.6) is 0 Å². The van der Waals surface area contributed by atoms with E-state index in [4.69, 9.17) is 32.7 Å². The number of carbonyl (C=O) groups is 4. The molecule has 1 saturated heterocycles. The summed E-state index contributed by atoms with van der Waals surface area (Å²) in [6, 6.07) is 12.6. The van der Waals surface area contributed by atoms with Crippen LogP contribution < -0.4 is 4.90 Å². The highest BCUT2D eigenvalue weighted by molar-refractivity contribution is 6.30. The van der Waals surface area contributed by atoms with Gasteiger partial charge in [0, 0.05) is 41.5 Å². The van der Waals surface area contributed by atoms with Gasteiger partial charge in [-0.25, -0.2) is 4.79 Å². The van der Waals surface area contributed by atoms with Gasteiger partial charge >= 0.3 is 11.9 Å². The van der Waals surface area contributed by atoms with Gasteiger partial charge in [-0.2, -0.15) is 0 Å². The molecule has 1 aliphatic rings. The minimum atomic E-state index is -1.05. The molecule has 0 aromatic heterocycles. The molecule has 0 bridgehead atoms. The van der Waals surface area contributed by atoms with Gasteiger partial charge in [-0.05, 0) is 55.5 Å². The van der Waals surface area contributed by atoms with E-state index in [1.807, 2.05) is 0 Å². The second-order valence-electron chi connectivity index (χ2n) is 7.45. The highest BCUT2D eigenvalue weighted by Gasteiger charge is 2.38. The van der Waals surface area contributed by atoms with E-state index in [0.29, 0.717) is 21.8 Å². The SMILES string of the molecule is CCOC(=O)c1ccc(N2CC(C(=O)OC(CCCl)C(=O)c3ccc(Cl)cc3)CC2=O)cc1. The van der Waals surface area contributed by atoms with Crippen LogP contribution in [0, 0.1) is 5.92 Å². The molecule has 2 aromatic carbocycles. The minimum absolute atomic E-state index is 0.0405. The van der Waals surface area contributed by atoms with Crippen molar-refractivity contribution in [3.63, 3.8) is 0 Å². The third-order valence-electron chi connectivity index (χ3n) is 5.20. The van der Waals surface area contributed by atoms with Crippen LogP contribution in [0.25, 0.3) is 0 Å². The van der Waals surface area contributed by atoms with Crippen molar-refractivity contribution < 1.29 is 28.7 Å². The van der Waals surface area contributed by atoms with Crippen molar-refractivity contribution in [3.05, 3.63) is 64.7 Å². The van der Waals surface area contributed by atoms with Crippen LogP contribution in [-0.4, -0.2) is 48.8 Å². The molecule has 2 unspecified atom stereocenters. The molecule has 3 rings (SSSR count). The molecule has 33 heavy (non-hydrogen) atoms. The zero-order valence-electron chi connectivity index (χ0n) is 18.0. The number of Topliss-reactive ketones (excluding diaryl/α,β-unsaturated/α-hetero) is 1. The maximum atomic E-state index is 12.8. The Bertz CT molecular complexity index is 1020. The number of ketones is 1. The summed E-state index contributed by atoms with van der Waals surface area (Å²) in [5.41, 5.74) is 1.28. The predicted molar refractivity (Wildman–Crippen MR) is 124 cm³/mol. The van der Waals surface area contributed by atoms with Crippen molar-refractivity contribution in [2.24, 2.45) is 5.92 Å². The molecule has 1 fully saturated rings. The number of hydrogen-bond acceptors (Lipinski definition) is 6. The van der Waals surface area contributed by atoms with Crippen LogP contribution in [0.1, 0.15) is 40.5 Å². The van der Waals surface area contributed by atoms with E-state index in [1.165, 1.54) is 4.90 Å². The Hall–Kier alpha value is -2.90. The maximum Gasteiger partial charge on any atom is 0.338 e. The van der Waals surface area contributed by atoms with Crippen molar-refractivity contribution in [1.82, 2.24) is 0 Å². The first-order valence-corrected chi connectivity index (χ1v) is 11.4. The summed E-state index contributed by atoms with van der Waals surface area (Å²) < 4.78 is 10.4. The zero-order chi connectivity index (χ0) is 24.0. The van der Waals surface area contributed by atoms with Crippen molar-refractivity contribution >= 4 is 52.5 Å². The van der Waals surface area contributed by atoms with Gasteiger partial charge in [0.25, 0.3) is 0 Å². The fraction of sp³-hybridized carbons (Fsp3) is 0.333. The van der Waals surface area contributed by atoms with Crippen molar-refractivity contribution in [1.29, 1.82) is 0 Å². The number of amides is 1. The van der Waals surface area contributed by atoms with Gasteiger partial charge in [0.2, 0.25) is 11.7 Å². The van der Waals surface area contributed by atoms with E-state index in [0.717, 1.165) is 0 Å². The Kier molecular flexibility index (Phi) is 8.47. The average Bonchev–Trinajstić information content (AvgIpc) is 3.21. The van der Waals surface area contributed by atoms with Gasteiger partial charge in [0.15, 0.2) is 6.10 Å². The lowest BCUT2D eigenvalue weighted by Crippen LogP contribution is -2.32. The summed E-state index contributed by atoms with van der Waals surface area (Å²) in [6.45, 7) is 2.09. The molecule has 1 aliphatic heterocycles. The van der Waals surface area contributed by atoms with E-state index in [9.17, 15) is 19.2 Å². The Morgan fingerprint density at radius 3 is 2.30 bits per heavy atom. The third kappa shape index (κ3) is 6.12. The summed E-state index contributed by atoms with van der Waals surface area (Å²) in [5, 5.41) is 0.484. The van der Waals surface area contributed by atoms with Crippen molar-refractivity contribution in [3.8, 4) is 0 Å². The van der Waals surface area contributed by atoms with Crippen LogP contribution >= 0.6 is 23.2 Å². The van der Waals surface area contributed by atoms with Gasteiger partial charge in [0.1, 0.15) is 0 Å². The van der Waals surface area contributed by atoms with E-state index in [1.54, 1.807) is 55.5 Å². The van der Waals surface area contributed by atoms with E-state index in [2.05, 4.69) is 0 Å². The molecule has 7 nitrogen and oxygen atoms in total. The number of halogens is 2. The second kappa shape index (κ2) is 11.3. The number of ether oxygens (including phenoxy) is 2. The number of benzene rings is 2. The van der Waals surface area contributed by atoms with E-state index >= 15 is 0 Å². The monoisotopic (exact) mass is 491 g/mol. The first kappa shape index (κ1) is 24.7. The normalized spacial score (nSPS) is 16.4. The largest absolute Gasteiger partial charge is 0.462 e. The molecule has 1 amide bonds. The maximum absolute atomic E-state index is 12.8. The smallest absolute Gasteiger partial charge is 0.338 e. The molecule has 2 aromatic rings.